The van der Waals surface area contributed by atoms with Crippen molar-refractivity contribution in [3.8, 4) is 0 Å². The molecule has 104 valence electrons. The minimum atomic E-state index is -0.222. The van der Waals surface area contributed by atoms with E-state index in [0.29, 0.717) is 24.3 Å². The van der Waals surface area contributed by atoms with Gasteiger partial charge in [-0.3, -0.25) is 4.79 Å². The fraction of sp³-hybridized carbons (Fsp3) is 0.188. The van der Waals surface area contributed by atoms with Crippen LogP contribution in [0.2, 0.25) is 0 Å². The van der Waals surface area contributed by atoms with E-state index in [2.05, 4.69) is 5.32 Å². The Morgan fingerprint density at radius 3 is 2.50 bits per heavy atom. The molecule has 1 N–H and O–H groups in total. The van der Waals surface area contributed by atoms with Crippen molar-refractivity contribution < 1.29 is 9.18 Å². The molecule has 0 aliphatic rings. The van der Waals surface area contributed by atoms with Crippen LogP contribution >= 0.6 is 11.8 Å². The molecule has 4 heteroatoms. The largest absolute Gasteiger partial charge is 0.355 e. The zero-order chi connectivity index (χ0) is 14.2. The summed E-state index contributed by atoms with van der Waals surface area (Å²) in [6.07, 6.45) is 0.508. The number of carbonyl (C=O) groups excluding carboxylic acids is 1. The van der Waals surface area contributed by atoms with Crippen molar-refractivity contribution in [2.24, 2.45) is 0 Å². The van der Waals surface area contributed by atoms with Crippen LogP contribution in [0.1, 0.15) is 5.56 Å². The molecule has 2 aromatic rings. The number of amides is 1. The van der Waals surface area contributed by atoms with E-state index in [-0.39, 0.29) is 11.7 Å². The standard InChI is InChI=1S/C16H16FNOS/c17-15-9-5-4-6-13(15)10-11-18-16(19)12-20-14-7-2-1-3-8-14/h1-9H,10-12H2,(H,18,19). The Morgan fingerprint density at radius 1 is 1.05 bits per heavy atom. The van der Waals surface area contributed by atoms with Gasteiger partial charge in [-0.2, -0.15) is 0 Å². The summed E-state index contributed by atoms with van der Waals surface area (Å²) < 4.78 is 13.4. The lowest BCUT2D eigenvalue weighted by atomic mass is 10.1. The minimum absolute atomic E-state index is 0.0322. The third kappa shape index (κ3) is 4.70. The number of rotatable bonds is 6. The first-order valence-electron chi connectivity index (χ1n) is 6.43. The molecule has 0 unspecified atom stereocenters. The van der Waals surface area contributed by atoms with E-state index in [4.69, 9.17) is 0 Å². The molecule has 0 fully saturated rings. The molecule has 2 nitrogen and oxygen atoms in total. The van der Waals surface area contributed by atoms with Crippen LogP contribution in [0.25, 0.3) is 0 Å². The zero-order valence-electron chi connectivity index (χ0n) is 11.0. The van der Waals surface area contributed by atoms with Crippen molar-refractivity contribution in [3.63, 3.8) is 0 Å². The second-order valence-corrected chi connectivity index (χ2v) is 5.34. The summed E-state index contributed by atoms with van der Waals surface area (Å²) in [5, 5.41) is 2.80. The molecule has 1 amide bonds. The monoisotopic (exact) mass is 289 g/mol. The lowest BCUT2D eigenvalue weighted by Crippen LogP contribution is -2.27. The van der Waals surface area contributed by atoms with E-state index in [1.807, 2.05) is 30.3 Å². The summed E-state index contributed by atoms with van der Waals surface area (Å²) in [4.78, 5) is 12.7. The first-order chi connectivity index (χ1) is 9.75. The summed E-state index contributed by atoms with van der Waals surface area (Å²) in [6, 6.07) is 16.4. The van der Waals surface area contributed by atoms with Gasteiger partial charge < -0.3 is 5.32 Å². The summed E-state index contributed by atoms with van der Waals surface area (Å²) in [6.45, 7) is 0.453. The molecule has 0 atom stereocenters. The van der Waals surface area contributed by atoms with Gasteiger partial charge in [0, 0.05) is 11.4 Å². The van der Waals surface area contributed by atoms with Crippen LogP contribution in [-0.4, -0.2) is 18.2 Å². The van der Waals surface area contributed by atoms with E-state index >= 15 is 0 Å². The summed E-state index contributed by atoms with van der Waals surface area (Å²) in [5.41, 5.74) is 0.628. The molecule has 0 aliphatic heterocycles. The zero-order valence-corrected chi connectivity index (χ0v) is 11.8. The number of carbonyl (C=O) groups is 1. The van der Waals surface area contributed by atoms with E-state index in [9.17, 15) is 9.18 Å². The maximum Gasteiger partial charge on any atom is 0.230 e. The van der Waals surface area contributed by atoms with Crippen molar-refractivity contribution in [2.45, 2.75) is 11.3 Å². The van der Waals surface area contributed by atoms with Crippen molar-refractivity contribution in [1.29, 1.82) is 0 Å². The minimum Gasteiger partial charge on any atom is -0.355 e. The third-order valence-electron chi connectivity index (χ3n) is 2.79. The average molecular weight is 289 g/mol. The first kappa shape index (κ1) is 14.6. The second-order valence-electron chi connectivity index (χ2n) is 4.29. The lowest BCUT2D eigenvalue weighted by Gasteiger charge is -2.06. The topological polar surface area (TPSA) is 29.1 Å². The molecule has 20 heavy (non-hydrogen) atoms. The van der Waals surface area contributed by atoms with Crippen LogP contribution < -0.4 is 5.32 Å². The molecular formula is C16H16FNOS. The second kappa shape index (κ2) is 7.70. The Kier molecular flexibility index (Phi) is 5.62. The van der Waals surface area contributed by atoms with Gasteiger partial charge in [-0.15, -0.1) is 11.8 Å². The van der Waals surface area contributed by atoms with Crippen LogP contribution in [0.4, 0.5) is 4.39 Å². The van der Waals surface area contributed by atoms with Crippen LogP contribution in [0, 0.1) is 5.82 Å². The molecule has 2 rings (SSSR count). The van der Waals surface area contributed by atoms with E-state index in [1.54, 1.807) is 18.2 Å². The summed E-state index contributed by atoms with van der Waals surface area (Å²) in [7, 11) is 0. The van der Waals surface area contributed by atoms with Crippen LogP contribution in [0.3, 0.4) is 0 Å². The fourth-order valence-corrected chi connectivity index (χ4v) is 2.50. The van der Waals surface area contributed by atoms with Crippen molar-refractivity contribution >= 4 is 17.7 Å². The first-order valence-corrected chi connectivity index (χ1v) is 7.42. The molecular weight excluding hydrogens is 273 g/mol. The highest BCUT2D eigenvalue weighted by atomic mass is 32.2. The Hall–Kier alpha value is -1.81. The van der Waals surface area contributed by atoms with Crippen LogP contribution in [0.5, 0.6) is 0 Å². The van der Waals surface area contributed by atoms with Crippen LogP contribution in [0.15, 0.2) is 59.5 Å². The van der Waals surface area contributed by atoms with E-state index in [1.165, 1.54) is 17.8 Å². The molecule has 0 spiro atoms. The Morgan fingerprint density at radius 2 is 1.75 bits per heavy atom. The third-order valence-corrected chi connectivity index (χ3v) is 3.80. The molecule has 0 saturated carbocycles. The fourth-order valence-electron chi connectivity index (χ4n) is 1.75. The van der Waals surface area contributed by atoms with Gasteiger partial charge in [-0.05, 0) is 30.2 Å². The Bertz CT molecular complexity index is 559. The highest BCUT2D eigenvalue weighted by Crippen LogP contribution is 2.16. The van der Waals surface area contributed by atoms with Gasteiger partial charge in [-0.25, -0.2) is 4.39 Å². The maximum absolute atomic E-state index is 13.4. The van der Waals surface area contributed by atoms with Crippen LogP contribution in [-0.2, 0) is 11.2 Å². The molecule has 0 aromatic heterocycles. The lowest BCUT2D eigenvalue weighted by molar-refractivity contribution is -0.118. The Balaban J connectivity index is 1.69. The Labute approximate surface area is 122 Å². The number of benzene rings is 2. The molecule has 2 aromatic carbocycles. The number of hydrogen-bond donors (Lipinski definition) is 1. The van der Waals surface area contributed by atoms with E-state index in [0.717, 1.165) is 4.90 Å². The molecule has 0 saturated heterocycles. The van der Waals surface area contributed by atoms with Gasteiger partial charge in [-0.1, -0.05) is 36.4 Å². The van der Waals surface area contributed by atoms with Gasteiger partial charge >= 0.3 is 0 Å². The normalized spacial score (nSPS) is 10.2. The van der Waals surface area contributed by atoms with Gasteiger partial charge in [0.25, 0.3) is 0 Å². The van der Waals surface area contributed by atoms with Crippen molar-refractivity contribution in [2.75, 3.05) is 12.3 Å². The number of nitrogens with one attached hydrogen (secondary N) is 1. The van der Waals surface area contributed by atoms with Crippen molar-refractivity contribution in [3.05, 3.63) is 66.0 Å². The predicted molar refractivity (Wildman–Crippen MR) is 80.3 cm³/mol. The predicted octanol–water partition coefficient (Wildman–Crippen LogP) is 3.28. The quantitative estimate of drug-likeness (QED) is 0.827. The SMILES string of the molecule is O=C(CSc1ccccc1)NCCc1ccccc1F. The highest BCUT2D eigenvalue weighted by molar-refractivity contribution is 8.00. The van der Waals surface area contributed by atoms with Gasteiger partial charge in [0.05, 0.1) is 5.75 Å². The molecule has 0 bridgehead atoms. The highest BCUT2D eigenvalue weighted by Gasteiger charge is 2.04. The maximum atomic E-state index is 13.4. The number of hydrogen-bond acceptors (Lipinski definition) is 2. The van der Waals surface area contributed by atoms with Gasteiger partial charge in [0.15, 0.2) is 0 Å². The number of thioether (sulfide) groups is 1. The average Bonchev–Trinajstić information content (AvgIpc) is 2.48. The molecule has 0 heterocycles. The van der Waals surface area contributed by atoms with Crippen molar-refractivity contribution in [1.82, 2.24) is 5.32 Å². The van der Waals surface area contributed by atoms with E-state index < -0.39 is 0 Å². The summed E-state index contributed by atoms with van der Waals surface area (Å²) >= 11 is 1.49. The molecule has 0 aliphatic carbocycles. The van der Waals surface area contributed by atoms with Gasteiger partial charge in [0.2, 0.25) is 5.91 Å². The summed E-state index contributed by atoms with van der Waals surface area (Å²) in [5.74, 6) is 0.122. The number of halogens is 1. The smallest absolute Gasteiger partial charge is 0.230 e. The molecule has 0 radical (unpaired) electrons. The van der Waals surface area contributed by atoms with Gasteiger partial charge in [0.1, 0.15) is 5.82 Å².